The fourth-order valence-electron chi connectivity index (χ4n) is 1.84. The highest BCUT2D eigenvalue weighted by Crippen LogP contribution is 2.21. The van der Waals surface area contributed by atoms with Crippen LogP contribution >= 0.6 is 0 Å². The Morgan fingerprint density at radius 3 is 2.26 bits per heavy atom. The molecule has 0 bridgehead atoms. The van der Waals surface area contributed by atoms with Crippen LogP contribution in [0.2, 0.25) is 0 Å². The summed E-state index contributed by atoms with van der Waals surface area (Å²) in [5.74, 6) is -2.31. The van der Waals surface area contributed by atoms with E-state index in [1.807, 2.05) is 0 Å². The zero-order chi connectivity index (χ0) is 17.0. The number of hydrogen-bond acceptors (Lipinski definition) is 4. The molecule has 0 atom stereocenters. The van der Waals surface area contributed by atoms with Gasteiger partial charge in [-0.05, 0) is 49.2 Å². The summed E-state index contributed by atoms with van der Waals surface area (Å²) in [6.07, 6.45) is 0.943. The molecule has 0 unspecified atom stereocenters. The average Bonchev–Trinajstić information content (AvgIpc) is 2.49. The number of Topliss-reactive ketones (excluding diaryl/α,β-unsaturated/α-hetero) is 1. The van der Waals surface area contributed by atoms with E-state index in [0.717, 1.165) is 17.7 Å². The molecular weight excluding hydrogens is 326 g/mol. The van der Waals surface area contributed by atoms with Gasteiger partial charge in [-0.15, -0.1) is 0 Å². The van der Waals surface area contributed by atoms with E-state index in [0.29, 0.717) is 18.9 Å². The lowest BCUT2D eigenvalue weighted by Gasteiger charge is -2.08. The first kappa shape index (κ1) is 17.1. The number of hydrogen-bond donors (Lipinski definition) is 0. The van der Waals surface area contributed by atoms with Crippen molar-refractivity contribution >= 4 is 15.9 Å². The predicted molar refractivity (Wildman–Crippen MR) is 79.6 cm³/mol. The van der Waals surface area contributed by atoms with Gasteiger partial charge in [0.2, 0.25) is 0 Å². The van der Waals surface area contributed by atoms with E-state index in [9.17, 15) is 22.0 Å². The molecule has 0 aliphatic heterocycles. The molecule has 4 nitrogen and oxygen atoms in total. The van der Waals surface area contributed by atoms with Crippen LogP contribution in [0.1, 0.15) is 18.9 Å². The Bertz CT molecular complexity index is 814. The summed E-state index contributed by atoms with van der Waals surface area (Å²) in [6, 6.07) is 8.36. The van der Waals surface area contributed by atoms with Crippen molar-refractivity contribution in [3.8, 4) is 5.75 Å². The Kier molecular flexibility index (Phi) is 5.10. The highest BCUT2D eigenvalue weighted by molar-refractivity contribution is 7.87. The zero-order valence-electron chi connectivity index (χ0n) is 12.3. The molecule has 0 aliphatic rings. The molecule has 0 aliphatic carbocycles. The Hall–Kier alpha value is -2.28. The number of rotatable bonds is 6. The van der Waals surface area contributed by atoms with Crippen molar-refractivity contribution in [3.63, 3.8) is 0 Å². The Morgan fingerprint density at radius 2 is 1.70 bits per heavy atom. The Morgan fingerprint density at radius 1 is 1.04 bits per heavy atom. The second-order valence-electron chi connectivity index (χ2n) is 4.96. The molecule has 7 heteroatoms. The number of halogens is 2. The van der Waals surface area contributed by atoms with Crippen LogP contribution in [0.25, 0.3) is 0 Å². The van der Waals surface area contributed by atoms with Crippen LogP contribution < -0.4 is 4.18 Å². The van der Waals surface area contributed by atoms with Crippen molar-refractivity contribution in [2.75, 3.05) is 0 Å². The van der Waals surface area contributed by atoms with E-state index < -0.39 is 26.6 Å². The lowest BCUT2D eigenvalue weighted by atomic mass is 10.1. The normalized spacial score (nSPS) is 11.3. The largest absolute Gasteiger partial charge is 0.379 e. The van der Waals surface area contributed by atoms with Crippen molar-refractivity contribution in [2.24, 2.45) is 0 Å². The number of carbonyl (C=O) groups excluding carboxylic acids is 1. The molecule has 0 N–H and O–H groups in total. The lowest BCUT2D eigenvalue weighted by Crippen LogP contribution is -2.10. The molecule has 0 saturated carbocycles. The van der Waals surface area contributed by atoms with E-state index in [1.54, 1.807) is 12.1 Å². The maximum absolute atomic E-state index is 13.1. The fourth-order valence-corrected chi connectivity index (χ4v) is 2.78. The molecule has 122 valence electrons. The molecule has 2 rings (SSSR count). The second-order valence-corrected chi connectivity index (χ2v) is 6.51. The fraction of sp³-hybridized carbons (Fsp3) is 0.188. The van der Waals surface area contributed by atoms with E-state index in [-0.39, 0.29) is 11.5 Å². The first-order chi connectivity index (χ1) is 10.8. The van der Waals surface area contributed by atoms with Gasteiger partial charge in [0.05, 0.1) is 0 Å². The van der Waals surface area contributed by atoms with Gasteiger partial charge < -0.3 is 8.98 Å². The smallest absolute Gasteiger partial charge is 0.339 e. The summed E-state index contributed by atoms with van der Waals surface area (Å²) in [4.78, 5) is 10.4. The molecule has 0 heterocycles. The number of ketones is 1. The van der Waals surface area contributed by atoms with Gasteiger partial charge in [0.25, 0.3) is 0 Å². The Balaban J connectivity index is 2.13. The highest BCUT2D eigenvalue weighted by atomic mass is 32.2. The van der Waals surface area contributed by atoms with Crippen molar-refractivity contribution in [1.82, 2.24) is 0 Å². The third-order valence-electron chi connectivity index (χ3n) is 3.07. The van der Waals surface area contributed by atoms with Gasteiger partial charge in [-0.25, -0.2) is 8.78 Å². The van der Waals surface area contributed by atoms with Crippen molar-refractivity contribution in [1.29, 1.82) is 0 Å². The molecular formula is C16H14F2O4S. The summed E-state index contributed by atoms with van der Waals surface area (Å²) in [5.41, 5.74) is 0.859. The third-order valence-corrected chi connectivity index (χ3v) is 4.32. The van der Waals surface area contributed by atoms with Crippen molar-refractivity contribution in [2.45, 2.75) is 24.7 Å². The zero-order valence-corrected chi connectivity index (χ0v) is 13.1. The van der Waals surface area contributed by atoms with Gasteiger partial charge in [-0.1, -0.05) is 12.1 Å². The summed E-state index contributed by atoms with van der Waals surface area (Å²) in [7, 11) is -4.25. The van der Waals surface area contributed by atoms with Crippen LogP contribution in [0.3, 0.4) is 0 Å². The molecule has 0 fully saturated rings. The van der Waals surface area contributed by atoms with Crippen molar-refractivity contribution < 1.29 is 26.2 Å². The highest BCUT2D eigenvalue weighted by Gasteiger charge is 2.18. The minimum Gasteiger partial charge on any atom is -0.379 e. The summed E-state index contributed by atoms with van der Waals surface area (Å²) in [6.45, 7) is 1.49. The predicted octanol–water partition coefficient (Wildman–Crippen LogP) is 3.25. The van der Waals surface area contributed by atoms with Crippen LogP contribution in [-0.2, 0) is 21.3 Å². The van der Waals surface area contributed by atoms with Crippen LogP contribution in [-0.4, -0.2) is 14.2 Å². The standard InChI is InChI=1S/C16H14F2O4S/c1-11(19)2-3-12-4-6-13(7-5-12)22-23(20,21)14-8-9-15(17)16(18)10-14/h4-10H,2-3H2,1H3. The average molecular weight is 340 g/mol. The molecule has 0 saturated heterocycles. The summed E-state index contributed by atoms with van der Waals surface area (Å²) < 4.78 is 54.9. The third kappa shape index (κ3) is 4.59. The van der Waals surface area contributed by atoms with Gasteiger partial charge in [0.15, 0.2) is 11.6 Å². The monoisotopic (exact) mass is 340 g/mol. The van der Waals surface area contributed by atoms with E-state index in [4.69, 9.17) is 4.18 Å². The topological polar surface area (TPSA) is 60.4 Å². The van der Waals surface area contributed by atoms with Crippen LogP contribution in [0.4, 0.5) is 8.78 Å². The molecule has 0 aromatic heterocycles. The summed E-state index contributed by atoms with van der Waals surface area (Å²) in [5, 5.41) is 0. The van der Waals surface area contributed by atoms with Gasteiger partial charge in [0.1, 0.15) is 16.4 Å². The number of aryl methyl sites for hydroxylation is 1. The van der Waals surface area contributed by atoms with Gasteiger partial charge in [0, 0.05) is 6.42 Å². The maximum Gasteiger partial charge on any atom is 0.339 e. The molecule has 23 heavy (non-hydrogen) atoms. The first-order valence-electron chi connectivity index (χ1n) is 6.76. The number of carbonyl (C=O) groups is 1. The van der Waals surface area contributed by atoms with Crippen LogP contribution in [0.5, 0.6) is 5.75 Å². The van der Waals surface area contributed by atoms with E-state index in [2.05, 4.69) is 0 Å². The van der Waals surface area contributed by atoms with Gasteiger partial charge in [-0.2, -0.15) is 8.42 Å². The van der Waals surface area contributed by atoms with E-state index >= 15 is 0 Å². The molecule has 2 aromatic rings. The first-order valence-corrected chi connectivity index (χ1v) is 8.17. The SMILES string of the molecule is CC(=O)CCc1ccc(OS(=O)(=O)c2ccc(F)c(F)c2)cc1. The summed E-state index contributed by atoms with van der Waals surface area (Å²) >= 11 is 0. The van der Waals surface area contributed by atoms with Crippen molar-refractivity contribution in [3.05, 3.63) is 59.7 Å². The molecule has 0 amide bonds. The maximum atomic E-state index is 13.1. The van der Waals surface area contributed by atoms with E-state index in [1.165, 1.54) is 19.1 Å². The van der Waals surface area contributed by atoms with Gasteiger partial charge >= 0.3 is 10.1 Å². The second kappa shape index (κ2) is 6.87. The van der Waals surface area contributed by atoms with Crippen LogP contribution in [0, 0.1) is 11.6 Å². The molecule has 2 aromatic carbocycles. The Labute approximate surface area is 132 Å². The lowest BCUT2D eigenvalue weighted by molar-refractivity contribution is -0.116. The van der Waals surface area contributed by atoms with Crippen LogP contribution in [0.15, 0.2) is 47.4 Å². The molecule has 0 spiro atoms. The number of benzene rings is 2. The quantitative estimate of drug-likeness (QED) is 0.758. The van der Waals surface area contributed by atoms with Gasteiger partial charge in [-0.3, -0.25) is 0 Å². The minimum atomic E-state index is -4.25. The minimum absolute atomic E-state index is 0.0429. The molecule has 0 radical (unpaired) electrons.